The summed E-state index contributed by atoms with van der Waals surface area (Å²) in [7, 11) is 0. The van der Waals surface area contributed by atoms with Crippen molar-refractivity contribution < 1.29 is 9.90 Å². The van der Waals surface area contributed by atoms with Crippen LogP contribution in [0.5, 0.6) is 0 Å². The monoisotopic (exact) mass is 282 g/mol. The minimum atomic E-state index is -0.707. The number of carbonyl (C=O) groups is 1. The Kier molecular flexibility index (Phi) is 4.75. The number of likely N-dealkylation sites (tertiary alicyclic amines) is 1. The molecule has 0 spiro atoms. The van der Waals surface area contributed by atoms with E-state index in [-0.39, 0.29) is 6.04 Å². The maximum atomic E-state index is 11.7. The second-order valence-corrected chi connectivity index (χ2v) is 7.30. The predicted octanol–water partition coefficient (Wildman–Crippen LogP) is 2.48. The van der Waals surface area contributed by atoms with Crippen LogP contribution in [0, 0.1) is 5.92 Å². The third-order valence-electron chi connectivity index (χ3n) is 5.12. The lowest BCUT2D eigenvalue weighted by atomic mass is 9.91. The van der Waals surface area contributed by atoms with E-state index in [2.05, 4.69) is 24.1 Å². The van der Waals surface area contributed by atoms with Crippen LogP contribution in [-0.2, 0) is 4.79 Å². The van der Waals surface area contributed by atoms with Crippen molar-refractivity contribution in [1.82, 2.24) is 10.2 Å². The minimum Gasteiger partial charge on any atom is -0.480 e. The lowest BCUT2D eigenvalue weighted by molar-refractivity contribution is -0.145. The molecule has 2 rings (SSSR count). The highest BCUT2D eigenvalue weighted by Gasteiger charge is 2.48. The van der Waals surface area contributed by atoms with Crippen molar-refractivity contribution in [2.24, 2.45) is 5.92 Å². The summed E-state index contributed by atoms with van der Waals surface area (Å²) in [4.78, 5) is 14.3. The van der Waals surface area contributed by atoms with Gasteiger partial charge in [0.05, 0.1) is 0 Å². The second kappa shape index (κ2) is 6.02. The molecule has 2 N–H and O–H groups in total. The number of nitrogens with zero attached hydrogens (tertiary/aromatic N) is 1. The molecule has 1 aliphatic heterocycles. The standard InChI is InChI=1S/C16H30N2O2/c1-11(2)17-16(15(19)20)7-5-14(10-16)18-8-6-12(3)9-13(18)4/h11-14,17H,5-10H2,1-4H3,(H,19,20). The number of carboxylic acid groups (broad SMARTS) is 1. The van der Waals surface area contributed by atoms with Gasteiger partial charge in [-0.2, -0.15) is 0 Å². The van der Waals surface area contributed by atoms with E-state index in [0.29, 0.717) is 12.1 Å². The Hall–Kier alpha value is -0.610. The Labute approximate surface area is 122 Å². The molecule has 1 saturated heterocycles. The van der Waals surface area contributed by atoms with E-state index in [1.807, 2.05) is 13.8 Å². The molecule has 2 fully saturated rings. The van der Waals surface area contributed by atoms with Gasteiger partial charge in [0.25, 0.3) is 0 Å². The van der Waals surface area contributed by atoms with Gasteiger partial charge in [0.1, 0.15) is 5.54 Å². The number of hydrogen-bond donors (Lipinski definition) is 2. The molecule has 0 aromatic heterocycles. The molecular formula is C16H30N2O2. The van der Waals surface area contributed by atoms with E-state index in [0.717, 1.165) is 31.7 Å². The van der Waals surface area contributed by atoms with Crippen LogP contribution in [0.3, 0.4) is 0 Å². The van der Waals surface area contributed by atoms with E-state index in [1.165, 1.54) is 12.8 Å². The molecule has 2 aliphatic rings. The maximum absolute atomic E-state index is 11.7. The molecule has 4 heteroatoms. The molecule has 0 radical (unpaired) electrons. The van der Waals surface area contributed by atoms with Crippen LogP contribution >= 0.6 is 0 Å². The fourth-order valence-corrected chi connectivity index (χ4v) is 4.21. The van der Waals surface area contributed by atoms with Crippen molar-refractivity contribution >= 4 is 5.97 Å². The minimum absolute atomic E-state index is 0.212. The average molecular weight is 282 g/mol. The summed E-state index contributed by atoms with van der Waals surface area (Å²) in [5.74, 6) is 0.132. The van der Waals surface area contributed by atoms with E-state index >= 15 is 0 Å². The molecule has 116 valence electrons. The van der Waals surface area contributed by atoms with Gasteiger partial charge >= 0.3 is 5.97 Å². The number of piperidine rings is 1. The highest BCUT2D eigenvalue weighted by molar-refractivity contribution is 5.79. The highest BCUT2D eigenvalue weighted by atomic mass is 16.4. The van der Waals surface area contributed by atoms with Crippen molar-refractivity contribution in [1.29, 1.82) is 0 Å². The summed E-state index contributed by atoms with van der Waals surface area (Å²) in [6, 6.07) is 1.23. The SMILES string of the molecule is CC1CCN(C2CCC(NC(C)C)(C(=O)O)C2)C(C)C1. The number of nitrogens with one attached hydrogen (secondary N) is 1. The third-order valence-corrected chi connectivity index (χ3v) is 5.12. The van der Waals surface area contributed by atoms with Crippen LogP contribution in [0.2, 0.25) is 0 Å². The summed E-state index contributed by atoms with van der Waals surface area (Å²) >= 11 is 0. The molecule has 4 atom stereocenters. The molecule has 0 aromatic rings. The summed E-state index contributed by atoms with van der Waals surface area (Å²) in [6.07, 6.45) is 5.00. The van der Waals surface area contributed by atoms with Gasteiger partial charge in [-0.3, -0.25) is 15.0 Å². The maximum Gasteiger partial charge on any atom is 0.323 e. The highest BCUT2D eigenvalue weighted by Crippen LogP contribution is 2.37. The number of rotatable bonds is 4. The van der Waals surface area contributed by atoms with Crippen LogP contribution in [0.1, 0.15) is 59.8 Å². The molecule has 0 bridgehead atoms. The third kappa shape index (κ3) is 3.17. The molecule has 1 aliphatic carbocycles. The number of carboxylic acids is 1. The summed E-state index contributed by atoms with van der Waals surface area (Å²) in [5, 5.41) is 13.0. The molecule has 0 aromatic carbocycles. The van der Waals surface area contributed by atoms with Gasteiger partial charge in [0.2, 0.25) is 0 Å². The lowest BCUT2D eigenvalue weighted by Gasteiger charge is -2.41. The predicted molar refractivity (Wildman–Crippen MR) is 80.8 cm³/mol. The number of hydrogen-bond acceptors (Lipinski definition) is 3. The first-order chi connectivity index (χ1) is 9.34. The Morgan fingerprint density at radius 3 is 2.60 bits per heavy atom. The Bertz CT molecular complexity index is 358. The van der Waals surface area contributed by atoms with Crippen LogP contribution < -0.4 is 5.32 Å². The zero-order valence-electron chi connectivity index (χ0n) is 13.4. The van der Waals surface area contributed by atoms with Crippen molar-refractivity contribution in [2.75, 3.05) is 6.54 Å². The quantitative estimate of drug-likeness (QED) is 0.832. The van der Waals surface area contributed by atoms with Crippen molar-refractivity contribution in [3.8, 4) is 0 Å². The second-order valence-electron chi connectivity index (χ2n) is 7.30. The van der Waals surface area contributed by atoms with Crippen molar-refractivity contribution in [3.05, 3.63) is 0 Å². The van der Waals surface area contributed by atoms with Gasteiger partial charge in [0, 0.05) is 18.1 Å². The largest absolute Gasteiger partial charge is 0.480 e. The average Bonchev–Trinajstić information content (AvgIpc) is 2.73. The van der Waals surface area contributed by atoms with Crippen LogP contribution in [0.25, 0.3) is 0 Å². The van der Waals surface area contributed by atoms with Crippen LogP contribution in [-0.4, -0.2) is 46.2 Å². The molecule has 4 nitrogen and oxygen atoms in total. The molecule has 4 unspecified atom stereocenters. The molecular weight excluding hydrogens is 252 g/mol. The van der Waals surface area contributed by atoms with Crippen LogP contribution in [0.4, 0.5) is 0 Å². The van der Waals surface area contributed by atoms with E-state index < -0.39 is 11.5 Å². The first-order valence-electron chi connectivity index (χ1n) is 8.11. The lowest BCUT2D eigenvalue weighted by Crippen LogP contribution is -2.54. The van der Waals surface area contributed by atoms with Gasteiger partial charge < -0.3 is 5.11 Å². The zero-order chi connectivity index (χ0) is 14.9. The Morgan fingerprint density at radius 2 is 2.05 bits per heavy atom. The number of aliphatic carboxylic acids is 1. The molecule has 0 amide bonds. The molecule has 1 saturated carbocycles. The van der Waals surface area contributed by atoms with E-state index in [9.17, 15) is 9.90 Å². The van der Waals surface area contributed by atoms with Crippen molar-refractivity contribution in [3.63, 3.8) is 0 Å². The summed E-state index contributed by atoms with van der Waals surface area (Å²) in [5.41, 5.74) is -0.707. The van der Waals surface area contributed by atoms with Crippen molar-refractivity contribution in [2.45, 2.75) is 83.5 Å². The summed E-state index contributed by atoms with van der Waals surface area (Å²) < 4.78 is 0. The van der Waals surface area contributed by atoms with E-state index in [1.54, 1.807) is 0 Å². The van der Waals surface area contributed by atoms with E-state index in [4.69, 9.17) is 0 Å². The van der Waals surface area contributed by atoms with Gasteiger partial charge in [0.15, 0.2) is 0 Å². The van der Waals surface area contributed by atoms with Gasteiger partial charge in [-0.15, -0.1) is 0 Å². The first-order valence-corrected chi connectivity index (χ1v) is 8.11. The fraction of sp³-hybridized carbons (Fsp3) is 0.938. The van der Waals surface area contributed by atoms with Gasteiger partial charge in [-0.05, 0) is 65.3 Å². The van der Waals surface area contributed by atoms with Crippen LogP contribution in [0.15, 0.2) is 0 Å². The van der Waals surface area contributed by atoms with Gasteiger partial charge in [-0.25, -0.2) is 0 Å². The summed E-state index contributed by atoms with van der Waals surface area (Å²) in [6.45, 7) is 9.81. The smallest absolute Gasteiger partial charge is 0.323 e. The fourth-order valence-electron chi connectivity index (χ4n) is 4.21. The molecule has 1 heterocycles. The molecule has 20 heavy (non-hydrogen) atoms. The Morgan fingerprint density at radius 1 is 1.35 bits per heavy atom. The Balaban J connectivity index is 2.04. The topological polar surface area (TPSA) is 52.6 Å². The van der Waals surface area contributed by atoms with Gasteiger partial charge in [-0.1, -0.05) is 6.92 Å². The normalized spacial score (nSPS) is 39.4. The zero-order valence-corrected chi connectivity index (χ0v) is 13.4. The first kappa shape index (κ1) is 15.8.